The summed E-state index contributed by atoms with van der Waals surface area (Å²) >= 11 is 6.18. The average molecular weight is 493 g/mol. The first kappa shape index (κ1) is 24.5. The van der Waals surface area contributed by atoms with E-state index in [1.54, 1.807) is 25.3 Å². The minimum absolute atomic E-state index is 0.125. The van der Waals surface area contributed by atoms with Crippen LogP contribution in [0.25, 0.3) is 16.7 Å². The maximum absolute atomic E-state index is 12.7. The molecule has 1 amide bonds. The van der Waals surface area contributed by atoms with Gasteiger partial charge in [0.25, 0.3) is 0 Å². The zero-order valence-corrected chi connectivity index (χ0v) is 21.4. The van der Waals surface area contributed by atoms with Crippen molar-refractivity contribution in [3.8, 4) is 17.3 Å². The first-order valence-corrected chi connectivity index (χ1v) is 11.9. The summed E-state index contributed by atoms with van der Waals surface area (Å²) in [6.45, 7) is 8.47. The molecule has 8 heteroatoms. The van der Waals surface area contributed by atoms with Crippen molar-refractivity contribution in [3.63, 3.8) is 0 Å². The maximum Gasteiger partial charge on any atom is 0.224 e. The topological polar surface area (TPSA) is 78.3 Å². The normalized spacial score (nSPS) is 11.0. The molecule has 4 rings (SSSR count). The van der Waals surface area contributed by atoms with Gasteiger partial charge in [0.05, 0.1) is 30.1 Å². The van der Waals surface area contributed by atoms with Crippen LogP contribution in [0.5, 0.6) is 11.6 Å². The van der Waals surface area contributed by atoms with Crippen LogP contribution in [-0.2, 0) is 11.2 Å². The van der Waals surface area contributed by atoms with Gasteiger partial charge >= 0.3 is 0 Å². The van der Waals surface area contributed by atoms with Crippen molar-refractivity contribution in [2.45, 2.75) is 40.5 Å². The van der Waals surface area contributed by atoms with E-state index in [-0.39, 0.29) is 12.3 Å². The predicted octanol–water partition coefficient (Wildman–Crippen LogP) is 5.98. The second kappa shape index (κ2) is 10.4. The molecule has 0 aliphatic heterocycles. The number of amides is 1. The van der Waals surface area contributed by atoms with Crippen molar-refractivity contribution in [3.05, 3.63) is 69.9 Å². The monoisotopic (exact) mass is 492 g/mol. The smallest absolute Gasteiger partial charge is 0.224 e. The van der Waals surface area contributed by atoms with Crippen LogP contribution in [0.4, 0.5) is 5.69 Å². The van der Waals surface area contributed by atoms with Gasteiger partial charge in [-0.3, -0.25) is 4.79 Å². The van der Waals surface area contributed by atoms with Gasteiger partial charge in [-0.1, -0.05) is 23.7 Å². The Kier molecular flexibility index (Phi) is 7.26. The van der Waals surface area contributed by atoms with Crippen molar-refractivity contribution in [1.82, 2.24) is 14.8 Å². The molecule has 0 fully saturated rings. The van der Waals surface area contributed by atoms with Crippen LogP contribution in [0.3, 0.4) is 0 Å². The number of rotatable bonds is 8. The molecule has 0 unspecified atom stereocenters. The summed E-state index contributed by atoms with van der Waals surface area (Å²) < 4.78 is 13.0. The molecular weight excluding hydrogens is 464 g/mol. The zero-order chi connectivity index (χ0) is 25.1. The van der Waals surface area contributed by atoms with Crippen LogP contribution >= 0.6 is 11.6 Å². The molecule has 0 aliphatic carbocycles. The second-order valence-electron chi connectivity index (χ2n) is 8.39. The van der Waals surface area contributed by atoms with Gasteiger partial charge in [0.15, 0.2) is 5.65 Å². The van der Waals surface area contributed by atoms with Gasteiger partial charge in [-0.05, 0) is 75.6 Å². The number of pyridine rings is 1. The first-order valence-electron chi connectivity index (χ1n) is 11.5. The number of fused-ring (bicyclic) bond motifs is 1. The molecule has 0 atom stereocenters. The minimum atomic E-state index is -0.125. The van der Waals surface area contributed by atoms with Crippen LogP contribution in [0.2, 0.25) is 5.02 Å². The number of anilines is 1. The van der Waals surface area contributed by atoms with Crippen molar-refractivity contribution in [1.29, 1.82) is 0 Å². The number of carbonyl (C=O) groups is 1. The van der Waals surface area contributed by atoms with E-state index in [0.717, 1.165) is 39.1 Å². The lowest BCUT2D eigenvalue weighted by atomic mass is 10.0. The van der Waals surface area contributed by atoms with Crippen molar-refractivity contribution >= 4 is 34.2 Å². The number of ether oxygens (including phenoxy) is 2. The summed E-state index contributed by atoms with van der Waals surface area (Å²) in [7, 11) is 1.55. The van der Waals surface area contributed by atoms with E-state index in [2.05, 4.69) is 24.4 Å². The Morgan fingerprint density at radius 2 is 1.94 bits per heavy atom. The number of benzene rings is 2. The standard InChI is InChI=1S/C27H29ClN4O3/c1-6-35-27-21(11-13-24(33)29-19-10-12-23(34-5)22(28)15-19)17(3)25-18(4)31-32(26(25)30-27)20-9-7-8-16(2)14-20/h7-10,12,14-15H,6,11,13H2,1-5H3,(H,29,33). The molecular formula is C27H29ClN4O3. The Morgan fingerprint density at radius 1 is 1.14 bits per heavy atom. The molecule has 0 spiro atoms. The largest absolute Gasteiger partial charge is 0.495 e. The molecule has 2 aromatic heterocycles. The van der Waals surface area contributed by atoms with E-state index in [1.165, 1.54) is 0 Å². The lowest BCUT2D eigenvalue weighted by Gasteiger charge is -2.14. The summed E-state index contributed by atoms with van der Waals surface area (Å²) in [6.07, 6.45) is 0.748. The van der Waals surface area contributed by atoms with Gasteiger partial charge in [-0.15, -0.1) is 0 Å². The quantitative estimate of drug-likeness (QED) is 0.327. The summed E-state index contributed by atoms with van der Waals surface area (Å²) in [5.74, 6) is 0.967. The fourth-order valence-electron chi connectivity index (χ4n) is 4.23. The van der Waals surface area contributed by atoms with Crippen LogP contribution in [0.1, 0.15) is 35.7 Å². The van der Waals surface area contributed by atoms with Gasteiger partial charge in [0.1, 0.15) is 5.75 Å². The molecule has 2 heterocycles. The molecule has 0 aliphatic rings. The highest BCUT2D eigenvalue weighted by Gasteiger charge is 2.21. The Labute approximate surface area is 210 Å². The maximum atomic E-state index is 12.7. The van der Waals surface area contributed by atoms with Crippen molar-refractivity contribution in [2.24, 2.45) is 0 Å². The molecule has 182 valence electrons. The predicted molar refractivity (Wildman–Crippen MR) is 139 cm³/mol. The van der Waals surface area contributed by atoms with Crippen molar-refractivity contribution < 1.29 is 14.3 Å². The Morgan fingerprint density at radius 3 is 2.63 bits per heavy atom. The fraction of sp³-hybridized carbons (Fsp3) is 0.296. The number of carbonyl (C=O) groups excluding carboxylic acids is 1. The van der Waals surface area contributed by atoms with E-state index >= 15 is 0 Å². The number of hydrogen-bond acceptors (Lipinski definition) is 5. The van der Waals surface area contributed by atoms with Crippen LogP contribution in [-0.4, -0.2) is 34.4 Å². The molecule has 2 aromatic carbocycles. The molecule has 0 bridgehead atoms. The molecule has 0 saturated heterocycles. The summed E-state index contributed by atoms with van der Waals surface area (Å²) in [6, 6.07) is 13.3. The molecule has 7 nitrogen and oxygen atoms in total. The minimum Gasteiger partial charge on any atom is -0.495 e. The Hall–Kier alpha value is -3.58. The third kappa shape index (κ3) is 5.10. The van der Waals surface area contributed by atoms with Gasteiger partial charge < -0.3 is 14.8 Å². The van der Waals surface area contributed by atoms with E-state index in [4.69, 9.17) is 31.2 Å². The van der Waals surface area contributed by atoms with E-state index in [0.29, 0.717) is 35.4 Å². The lowest BCUT2D eigenvalue weighted by Crippen LogP contribution is -2.13. The van der Waals surface area contributed by atoms with Gasteiger partial charge in [0.2, 0.25) is 11.8 Å². The van der Waals surface area contributed by atoms with Gasteiger partial charge in [-0.2, -0.15) is 10.1 Å². The number of aryl methyl sites for hydroxylation is 3. The molecule has 0 saturated carbocycles. The van der Waals surface area contributed by atoms with E-state index < -0.39 is 0 Å². The van der Waals surface area contributed by atoms with Crippen LogP contribution in [0, 0.1) is 20.8 Å². The number of methoxy groups -OCH3 is 1. The zero-order valence-electron chi connectivity index (χ0n) is 20.6. The Bertz CT molecular complexity index is 1400. The van der Waals surface area contributed by atoms with Gasteiger partial charge in [-0.25, -0.2) is 4.68 Å². The van der Waals surface area contributed by atoms with Crippen molar-refractivity contribution in [2.75, 3.05) is 19.0 Å². The van der Waals surface area contributed by atoms with Crippen LogP contribution in [0.15, 0.2) is 42.5 Å². The van der Waals surface area contributed by atoms with E-state index in [1.807, 2.05) is 37.6 Å². The third-order valence-corrected chi connectivity index (χ3v) is 6.19. The third-order valence-electron chi connectivity index (χ3n) is 5.89. The number of nitrogens with one attached hydrogen (secondary N) is 1. The summed E-state index contributed by atoms with van der Waals surface area (Å²) in [4.78, 5) is 17.6. The fourth-order valence-corrected chi connectivity index (χ4v) is 4.49. The molecule has 1 N–H and O–H groups in total. The number of halogens is 1. The first-order chi connectivity index (χ1) is 16.8. The Balaban J connectivity index is 1.64. The molecule has 4 aromatic rings. The van der Waals surface area contributed by atoms with Crippen LogP contribution < -0.4 is 14.8 Å². The SMILES string of the molecule is CCOc1nc2c(c(C)nn2-c2cccc(C)c2)c(C)c1CCC(=O)Nc1ccc(OC)c(Cl)c1. The van der Waals surface area contributed by atoms with Gasteiger partial charge in [0, 0.05) is 23.1 Å². The van der Waals surface area contributed by atoms with E-state index in [9.17, 15) is 4.79 Å². The molecule has 35 heavy (non-hydrogen) atoms. The average Bonchev–Trinajstić information content (AvgIpc) is 3.15. The second-order valence-corrected chi connectivity index (χ2v) is 8.79. The highest BCUT2D eigenvalue weighted by Crippen LogP contribution is 2.32. The number of aromatic nitrogens is 3. The highest BCUT2D eigenvalue weighted by atomic mass is 35.5. The number of nitrogens with zero attached hydrogens (tertiary/aromatic N) is 3. The summed E-state index contributed by atoms with van der Waals surface area (Å²) in [5.41, 5.74) is 6.27. The highest BCUT2D eigenvalue weighted by molar-refractivity contribution is 6.32. The molecule has 0 radical (unpaired) electrons. The lowest BCUT2D eigenvalue weighted by molar-refractivity contribution is -0.116. The summed E-state index contributed by atoms with van der Waals surface area (Å²) in [5, 5.41) is 9.09. The number of hydrogen-bond donors (Lipinski definition) is 1.